The summed E-state index contributed by atoms with van der Waals surface area (Å²) < 4.78 is 2.29. The van der Waals surface area contributed by atoms with Crippen molar-refractivity contribution in [1.82, 2.24) is 4.98 Å². The minimum atomic E-state index is 0. The van der Waals surface area contributed by atoms with Crippen LogP contribution in [0.15, 0.2) is 158 Å². The molecule has 0 fully saturated rings. The normalized spacial score (nSPS) is 10.9. The van der Waals surface area contributed by atoms with Crippen LogP contribution in [-0.2, 0) is 21.1 Å². The van der Waals surface area contributed by atoms with E-state index in [1.165, 1.54) is 59.9 Å². The van der Waals surface area contributed by atoms with Gasteiger partial charge in [-0.15, -0.1) is 18.4 Å². The van der Waals surface area contributed by atoms with Gasteiger partial charge in [0.05, 0.1) is 0 Å². The quantitative estimate of drug-likeness (QED) is 0.183. The van der Waals surface area contributed by atoms with Gasteiger partial charge in [-0.3, -0.25) is 0 Å². The van der Waals surface area contributed by atoms with Crippen molar-refractivity contribution in [3.05, 3.63) is 163 Å². The van der Waals surface area contributed by atoms with Crippen molar-refractivity contribution in [2.75, 3.05) is 7.05 Å². The van der Waals surface area contributed by atoms with E-state index in [-0.39, 0.29) is 26.8 Å². The molecule has 0 radical (unpaired) electrons. The summed E-state index contributed by atoms with van der Waals surface area (Å²) in [6.07, 6.45) is 0. The number of hydrogen-bond acceptors (Lipinski definition) is 2. The molecule has 3 nitrogen and oxygen atoms in total. The SMILES string of the molecule is C[N-]c1ccc2sc3c(-c4ccccc4)cccc3c2c1O.[W].c1ccc(-c2ccc3c(c2)[nH]c2cccc(-c4ccccc4)c23)cc1. The van der Waals surface area contributed by atoms with Crippen LogP contribution in [0.3, 0.4) is 0 Å². The van der Waals surface area contributed by atoms with Gasteiger partial charge in [-0.25, -0.2) is 0 Å². The van der Waals surface area contributed by atoms with E-state index in [1.807, 2.05) is 36.4 Å². The third-order valence-electron chi connectivity index (χ3n) is 8.76. The van der Waals surface area contributed by atoms with Gasteiger partial charge >= 0.3 is 0 Å². The molecule has 0 atom stereocenters. The molecule has 0 spiro atoms. The first-order valence-corrected chi connectivity index (χ1v) is 16.5. The predicted molar refractivity (Wildman–Crippen MR) is 202 cm³/mol. The summed E-state index contributed by atoms with van der Waals surface area (Å²) in [4.78, 5) is 3.60. The minimum Gasteiger partial charge on any atom is -0.684 e. The van der Waals surface area contributed by atoms with Crippen molar-refractivity contribution in [3.63, 3.8) is 0 Å². The third-order valence-corrected chi connectivity index (χ3v) is 9.96. The number of aromatic amines is 1. The van der Waals surface area contributed by atoms with Crippen LogP contribution in [0.25, 0.3) is 80.7 Å². The van der Waals surface area contributed by atoms with Crippen molar-refractivity contribution in [2.45, 2.75) is 0 Å². The number of fused-ring (bicyclic) bond motifs is 6. The Hall–Kier alpha value is -5.15. The van der Waals surface area contributed by atoms with Gasteiger partial charge < -0.3 is 15.4 Å². The molecule has 7 aromatic carbocycles. The summed E-state index contributed by atoms with van der Waals surface area (Å²) in [6.45, 7) is 0. The molecular formula is C43H31N2OSW-. The number of nitrogens with zero attached hydrogens (tertiary/aromatic N) is 1. The zero-order chi connectivity index (χ0) is 31.7. The van der Waals surface area contributed by atoms with Crippen LogP contribution in [-0.4, -0.2) is 17.1 Å². The van der Waals surface area contributed by atoms with Crippen molar-refractivity contribution in [1.29, 1.82) is 0 Å². The number of H-pyrrole nitrogens is 1. The van der Waals surface area contributed by atoms with E-state index in [1.54, 1.807) is 18.4 Å². The molecule has 0 aliphatic carbocycles. The zero-order valence-electron chi connectivity index (χ0n) is 26.2. The largest absolute Gasteiger partial charge is 0.684 e. The Kier molecular flexibility index (Phi) is 8.86. The summed E-state index contributed by atoms with van der Waals surface area (Å²) >= 11 is 1.71. The summed E-state index contributed by atoms with van der Waals surface area (Å²) in [5.74, 6) is 0.275. The van der Waals surface area contributed by atoms with Crippen LogP contribution in [0.2, 0.25) is 0 Å². The average molecular weight is 808 g/mol. The Labute approximate surface area is 297 Å². The number of phenols is 1. The van der Waals surface area contributed by atoms with E-state index in [2.05, 4.69) is 132 Å². The molecule has 232 valence electrons. The number of rotatable bonds is 4. The number of hydrogen-bond donors (Lipinski definition) is 2. The molecule has 5 heteroatoms. The Morgan fingerprint density at radius 1 is 0.521 bits per heavy atom. The number of phenolic OH excluding ortho intramolecular Hbond substituents is 1. The van der Waals surface area contributed by atoms with E-state index in [0.717, 1.165) is 15.5 Å². The van der Waals surface area contributed by atoms with Crippen LogP contribution in [0.5, 0.6) is 5.75 Å². The summed E-state index contributed by atoms with van der Waals surface area (Å²) in [7, 11) is 1.70. The number of nitrogens with one attached hydrogen (secondary N) is 1. The van der Waals surface area contributed by atoms with Gasteiger partial charge in [0, 0.05) is 63.0 Å². The first-order chi connectivity index (χ1) is 23.2. The maximum Gasteiger partial charge on any atom is 0.110 e. The first-order valence-electron chi connectivity index (χ1n) is 15.7. The Morgan fingerprint density at radius 3 is 1.83 bits per heavy atom. The van der Waals surface area contributed by atoms with Gasteiger partial charge in [-0.1, -0.05) is 145 Å². The Morgan fingerprint density at radius 2 is 1.15 bits per heavy atom. The molecule has 0 aliphatic heterocycles. The van der Waals surface area contributed by atoms with Gasteiger partial charge in [-0.05, 0) is 51.6 Å². The van der Waals surface area contributed by atoms with Crippen molar-refractivity contribution >= 4 is 59.0 Å². The molecule has 0 bridgehead atoms. The molecule has 0 saturated heterocycles. The average Bonchev–Trinajstić information content (AvgIpc) is 3.72. The molecule has 0 aliphatic rings. The van der Waals surface area contributed by atoms with Gasteiger partial charge in [0.15, 0.2) is 0 Å². The molecule has 2 heterocycles. The Balaban J connectivity index is 0.000000150. The molecule has 2 aromatic heterocycles. The number of aromatic nitrogens is 1. The summed E-state index contributed by atoms with van der Waals surface area (Å²) in [6, 6.07) is 54.8. The van der Waals surface area contributed by atoms with Crippen molar-refractivity contribution in [2.24, 2.45) is 0 Å². The molecule has 0 unspecified atom stereocenters. The smallest absolute Gasteiger partial charge is 0.110 e. The monoisotopic (exact) mass is 807 g/mol. The van der Waals surface area contributed by atoms with Crippen LogP contribution in [0, 0.1) is 0 Å². The summed E-state index contributed by atoms with van der Waals surface area (Å²) in [5, 5.41) is 19.2. The van der Waals surface area contributed by atoms with Crippen LogP contribution < -0.4 is 0 Å². The summed E-state index contributed by atoms with van der Waals surface area (Å²) in [5.41, 5.74) is 10.4. The maximum atomic E-state index is 10.5. The molecule has 0 saturated carbocycles. The van der Waals surface area contributed by atoms with Gasteiger partial charge in [0.2, 0.25) is 0 Å². The van der Waals surface area contributed by atoms with Gasteiger partial charge in [0.25, 0.3) is 0 Å². The van der Waals surface area contributed by atoms with Crippen molar-refractivity contribution in [3.8, 4) is 39.1 Å². The number of aromatic hydroxyl groups is 1. The topological polar surface area (TPSA) is 50.1 Å². The van der Waals surface area contributed by atoms with E-state index < -0.39 is 0 Å². The number of benzene rings is 7. The first kappa shape index (κ1) is 31.4. The van der Waals surface area contributed by atoms with E-state index in [9.17, 15) is 5.11 Å². The maximum absolute atomic E-state index is 10.5. The Bertz CT molecular complexity index is 2500. The molecule has 2 N–H and O–H groups in total. The fourth-order valence-corrected chi connectivity index (χ4v) is 7.75. The fourth-order valence-electron chi connectivity index (χ4n) is 6.51. The van der Waals surface area contributed by atoms with E-state index >= 15 is 0 Å². The second kappa shape index (κ2) is 13.5. The zero-order valence-corrected chi connectivity index (χ0v) is 30.0. The molecule has 48 heavy (non-hydrogen) atoms. The molecule has 0 amide bonds. The predicted octanol–water partition coefficient (Wildman–Crippen LogP) is 12.7. The van der Waals surface area contributed by atoms with Crippen LogP contribution in [0.4, 0.5) is 5.69 Å². The number of thiophene rings is 1. The second-order valence-electron chi connectivity index (χ2n) is 11.5. The minimum absolute atomic E-state index is 0. The molecule has 9 aromatic rings. The van der Waals surface area contributed by atoms with Gasteiger partial charge in [-0.2, -0.15) is 0 Å². The van der Waals surface area contributed by atoms with Crippen LogP contribution in [0.1, 0.15) is 0 Å². The van der Waals surface area contributed by atoms with Crippen LogP contribution >= 0.6 is 11.3 Å². The standard InChI is InChI=1S/C24H17N.C19H14NOS.W/c1-3-8-17(9-4-1)19-14-15-21-23(16-19)25-22-13-7-12-20(24(21)22)18-10-5-2-6-11-18;1-20-15-10-11-16-17(18(15)21)14-9-5-8-13(19(14)22-16)12-6-3-2-4-7-12;/h1-16,25H;2-11,21H,1H3;/q;-1;. The third kappa shape index (κ3) is 5.68. The fraction of sp³-hybridized carbons (Fsp3) is 0.0233. The van der Waals surface area contributed by atoms with Gasteiger partial charge in [0.1, 0.15) is 5.75 Å². The van der Waals surface area contributed by atoms with E-state index in [0.29, 0.717) is 5.69 Å². The van der Waals surface area contributed by atoms with Crippen molar-refractivity contribution < 1.29 is 26.2 Å². The molecule has 9 rings (SSSR count). The van der Waals surface area contributed by atoms with E-state index in [4.69, 9.17) is 0 Å². The second-order valence-corrected chi connectivity index (χ2v) is 12.6. The molecular weight excluding hydrogens is 776 g/mol.